The van der Waals surface area contributed by atoms with Crippen molar-refractivity contribution in [3.63, 3.8) is 0 Å². The molecule has 1 amide bonds. The lowest BCUT2D eigenvalue weighted by atomic mass is 10.0. The van der Waals surface area contributed by atoms with Gasteiger partial charge in [0.2, 0.25) is 5.91 Å². The van der Waals surface area contributed by atoms with Gasteiger partial charge in [0.25, 0.3) is 0 Å². The summed E-state index contributed by atoms with van der Waals surface area (Å²) >= 11 is 0. The predicted octanol–water partition coefficient (Wildman–Crippen LogP) is 2.00. The maximum absolute atomic E-state index is 12.3. The molecule has 1 unspecified atom stereocenters. The number of methoxy groups -OCH3 is 1. The average Bonchev–Trinajstić information content (AvgIpc) is 2.52. The van der Waals surface area contributed by atoms with Gasteiger partial charge >= 0.3 is 0 Å². The van der Waals surface area contributed by atoms with Crippen LogP contribution in [0.2, 0.25) is 0 Å². The minimum atomic E-state index is 0.0153. The lowest BCUT2D eigenvalue weighted by Gasteiger charge is -2.34. The number of likely N-dealkylation sites (tertiary alicyclic amines) is 1. The quantitative estimate of drug-likeness (QED) is 0.895. The summed E-state index contributed by atoms with van der Waals surface area (Å²) in [6, 6.07) is 7.83. The number of carbonyl (C=O) groups is 1. The first kappa shape index (κ1) is 14.9. The van der Waals surface area contributed by atoms with E-state index in [0.717, 1.165) is 37.1 Å². The van der Waals surface area contributed by atoms with Crippen molar-refractivity contribution in [1.29, 1.82) is 0 Å². The van der Waals surface area contributed by atoms with Crippen molar-refractivity contribution in [2.45, 2.75) is 38.1 Å². The van der Waals surface area contributed by atoms with Gasteiger partial charge in [0.05, 0.1) is 19.8 Å². The van der Waals surface area contributed by atoms with Crippen LogP contribution in [0.15, 0.2) is 24.3 Å². The van der Waals surface area contributed by atoms with Gasteiger partial charge in [0.1, 0.15) is 5.75 Å². The molecule has 1 saturated heterocycles. The van der Waals surface area contributed by atoms with E-state index in [9.17, 15) is 9.90 Å². The van der Waals surface area contributed by atoms with Gasteiger partial charge in [-0.2, -0.15) is 0 Å². The monoisotopic (exact) mass is 277 g/mol. The van der Waals surface area contributed by atoms with E-state index < -0.39 is 0 Å². The van der Waals surface area contributed by atoms with Crippen molar-refractivity contribution >= 4 is 5.91 Å². The molecule has 0 radical (unpaired) electrons. The van der Waals surface area contributed by atoms with Crippen LogP contribution in [0.3, 0.4) is 0 Å². The standard InChI is InChI=1S/C16H23NO3/c1-20-15-7-4-5-13(11-15)8-9-16(19)17-10-3-2-6-14(17)12-18/h4-5,7,11,14,18H,2-3,6,8-10,12H2,1H3. The molecule has 1 atom stereocenters. The second-order valence-electron chi connectivity index (χ2n) is 5.27. The number of carbonyl (C=O) groups excluding carboxylic acids is 1. The smallest absolute Gasteiger partial charge is 0.223 e. The number of ether oxygens (including phenoxy) is 1. The summed E-state index contributed by atoms with van der Waals surface area (Å²) in [5.41, 5.74) is 1.11. The van der Waals surface area contributed by atoms with Gasteiger partial charge in [-0.1, -0.05) is 12.1 Å². The Morgan fingerprint density at radius 3 is 3.05 bits per heavy atom. The highest BCUT2D eigenvalue weighted by Gasteiger charge is 2.25. The van der Waals surface area contributed by atoms with Gasteiger partial charge in [-0.3, -0.25) is 4.79 Å². The van der Waals surface area contributed by atoms with Gasteiger partial charge in [0.15, 0.2) is 0 Å². The maximum Gasteiger partial charge on any atom is 0.223 e. The third-order valence-corrected chi connectivity index (χ3v) is 3.92. The molecule has 0 saturated carbocycles. The third kappa shape index (κ3) is 3.73. The van der Waals surface area contributed by atoms with Gasteiger partial charge in [-0.15, -0.1) is 0 Å². The van der Waals surface area contributed by atoms with E-state index in [-0.39, 0.29) is 18.6 Å². The molecule has 1 N–H and O–H groups in total. The fourth-order valence-electron chi connectivity index (χ4n) is 2.74. The summed E-state index contributed by atoms with van der Waals surface area (Å²) in [5, 5.41) is 9.35. The summed E-state index contributed by atoms with van der Waals surface area (Å²) in [4.78, 5) is 14.1. The Morgan fingerprint density at radius 1 is 1.45 bits per heavy atom. The largest absolute Gasteiger partial charge is 0.497 e. The van der Waals surface area contributed by atoms with Gasteiger partial charge < -0.3 is 14.7 Å². The number of aliphatic hydroxyl groups is 1. The van der Waals surface area contributed by atoms with E-state index in [4.69, 9.17) is 4.74 Å². The molecule has 1 aromatic rings. The SMILES string of the molecule is COc1cccc(CCC(=O)N2CCCCC2CO)c1. The summed E-state index contributed by atoms with van der Waals surface area (Å²) in [5.74, 6) is 0.965. The molecule has 1 heterocycles. The molecule has 1 aliphatic heterocycles. The molecule has 0 aliphatic carbocycles. The number of aliphatic hydroxyl groups excluding tert-OH is 1. The van der Waals surface area contributed by atoms with Crippen LogP contribution < -0.4 is 4.74 Å². The van der Waals surface area contributed by atoms with Crippen LogP contribution in [0.25, 0.3) is 0 Å². The number of benzene rings is 1. The van der Waals surface area contributed by atoms with Crippen LogP contribution in [0.5, 0.6) is 5.75 Å². The van der Waals surface area contributed by atoms with Crippen molar-refractivity contribution in [3.8, 4) is 5.75 Å². The summed E-state index contributed by atoms with van der Waals surface area (Å²) in [7, 11) is 1.64. The zero-order valence-electron chi connectivity index (χ0n) is 12.0. The molecule has 20 heavy (non-hydrogen) atoms. The Kier molecular flexibility index (Phi) is 5.41. The van der Waals surface area contributed by atoms with Gasteiger partial charge in [0, 0.05) is 13.0 Å². The highest BCUT2D eigenvalue weighted by atomic mass is 16.5. The number of amides is 1. The van der Waals surface area contributed by atoms with Crippen LogP contribution in [0.1, 0.15) is 31.2 Å². The molecule has 1 aliphatic rings. The van der Waals surface area contributed by atoms with Crippen molar-refractivity contribution in [2.75, 3.05) is 20.3 Å². The van der Waals surface area contributed by atoms with Crippen LogP contribution in [0, 0.1) is 0 Å². The molecule has 1 fully saturated rings. The molecular weight excluding hydrogens is 254 g/mol. The normalized spacial score (nSPS) is 18.9. The number of aryl methyl sites for hydroxylation is 1. The molecule has 0 aromatic heterocycles. The van der Waals surface area contributed by atoms with E-state index >= 15 is 0 Å². The predicted molar refractivity (Wildman–Crippen MR) is 77.8 cm³/mol. The van der Waals surface area contributed by atoms with E-state index in [0.29, 0.717) is 12.8 Å². The number of nitrogens with zero attached hydrogens (tertiary/aromatic N) is 1. The summed E-state index contributed by atoms with van der Waals surface area (Å²) < 4.78 is 5.18. The highest BCUT2D eigenvalue weighted by Crippen LogP contribution is 2.19. The molecule has 4 nitrogen and oxygen atoms in total. The van der Waals surface area contributed by atoms with E-state index in [1.807, 2.05) is 29.2 Å². The second kappa shape index (κ2) is 7.29. The molecule has 1 aromatic carbocycles. The first-order valence-corrected chi connectivity index (χ1v) is 7.28. The molecule has 4 heteroatoms. The van der Waals surface area contributed by atoms with Crippen LogP contribution in [0.4, 0.5) is 0 Å². The van der Waals surface area contributed by atoms with Gasteiger partial charge in [-0.05, 0) is 43.4 Å². The highest BCUT2D eigenvalue weighted by molar-refractivity contribution is 5.77. The Labute approximate surface area is 120 Å². The Hall–Kier alpha value is -1.55. The second-order valence-corrected chi connectivity index (χ2v) is 5.27. The third-order valence-electron chi connectivity index (χ3n) is 3.92. The summed E-state index contributed by atoms with van der Waals surface area (Å²) in [6.07, 6.45) is 4.27. The Bertz CT molecular complexity index is 447. The number of rotatable bonds is 5. The number of piperidine rings is 1. The fraction of sp³-hybridized carbons (Fsp3) is 0.562. The van der Waals surface area contributed by atoms with Crippen molar-refractivity contribution in [3.05, 3.63) is 29.8 Å². The molecule has 110 valence electrons. The number of hydrogen-bond donors (Lipinski definition) is 1. The first-order chi connectivity index (χ1) is 9.74. The molecule has 2 rings (SSSR count). The van der Waals surface area contributed by atoms with E-state index in [1.165, 1.54) is 0 Å². The topological polar surface area (TPSA) is 49.8 Å². The minimum absolute atomic E-state index is 0.0153. The summed E-state index contributed by atoms with van der Waals surface area (Å²) in [6.45, 7) is 0.854. The number of hydrogen-bond acceptors (Lipinski definition) is 3. The Morgan fingerprint density at radius 2 is 2.30 bits per heavy atom. The van der Waals surface area contributed by atoms with Crippen LogP contribution in [-0.4, -0.2) is 42.2 Å². The minimum Gasteiger partial charge on any atom is -0.497 e. The van der Waals surface area contributed by atoms with E-state index in [2.05, 4.69) is 0 Å². The zero-order chi connectivity index (χ0) is 14.4. The van der Waals surface area contributed by atoms with Crippen LogP contribution >= 0.6 is 0 Å². The maximum atomic E-state index is 12.3. The lowest BCUT2D eigenvalue weighted by molar-refractivity contribution is -0.135. The van der Waals surface area contributed by atoms with Crippen LogP contribution in [-0.2, 0) is 11.2 Å². The van der Waals surface area contributed by atoms with Crippen molar-refractivity contribution in [1.82, 2.24) is 4.90 Å². The lowest BCUT2D eigenvalue weighted by Crippen LogP contribution is -2.45. The first-order valence-electron chi connectivity index (χ1n) is 7.28. The fourth-order valence-corrected chi connectivity index (χ4v) is 2.74. The molecule has 0 spiro atoms. The van der Waals surface area contributed by atoms with E-state index in [1.54, 1.807) is 7.11 Å². The molecular formula is C16H23NO3. The zero-order valence-corrected chi connectivity index (χ0v) is 12.0. The Balaban J connectivity index is 1.90. The van der Waals surface area contributed by atoms with Crippen molar-refractivity contribution in [2.24, 2.45) is 0 Å². The van der Waals surface area contributed by atoms with Gasteiger partial charge in [-0.25, -0.2) is 0 Å². The van der Waals surface area contributed by atoms with Crippen molar-refractivity contribution < 1.29 is 14.6 Å². The average molecular weight is 277 g/mol. The molecule has 0 bridgehead atoms.